The number of para-hydroxylation sites is 2. The molecule has 0 bridgehead atoms. The van der Waals surface area contributed by atoms with Crippen molar-refractivity contribution in [2.75, 3.05) is 40.0 Å². The average molecular weight is 333 g/mol. The van der Waals surface area contributed by atoms with Gasteiger partial charge in [0.05, 0.1) is 6.54 Å². The smallest absolute Gasteiger partial charge is 0.191 e. The lowest BCUT2D eigenvalue weighted by molar-refractivity contribution is 0.0935. The molecule has 6 heteroatoms. The highest BCUT2D eigenvalue weighted by Crippen LogP contribution is 2.30. The maximum Gasteiger partial charge on any atom is 0.191 e. The van der Waals surface area contributed by atoms with Crippen LogP contribution in [0.4, 0.5) is 0 Å². The van der Waals surface area contributed by atoms with Gasteiger partial charge in [-0.3, -0.25) is 4.99 Å². The van der Waals surface area contributed by atoms with Gasteiger partial charge in [0.1, 0.15) is 12.7 Å². The minimum Gasteiger partial charge on any atom is -0.486 e. The molecule has 1 aliphatic heterocycles. The predicted octanol–water partition coefficient (Wildman–Crippen LogP) is 1.81. The number of fused-ring (bicyclic) bond motifs is 1. The van der Waals surface area contributed by atoms with E-state index in [-0.39, 0.29) is 6.10 Å². The molecule has 6 nitrogen and oxygen atoms in total. The van der Waals surface area contributed by atoms with E-state index in [1.54, 1.807) is 7.05 Å². The van der Waals surface area contributed by atoms with Crippen molar-refractivity contribution >= 4 is 5.96 Å². The second-order valence-electron chi connectivity index (χ2n) is 6.25. The first-order valence-corrected chi connectivity index (χ1v) is 8.76. The molecule has 3 rings (SSSR count). The van der Waals surface area contributed by atoms with Gasteiger partial charge in [0.2, 0.25) is 0 Å². The van der Waals surface area contributed by atoms with Crippen LogP contribution in [0.15, 0.2) is 29.3 Å². The fraction of sp³-hybridized carbons (Fsp3) is 0.611. The first-order valence-electron chi connectivity index (χ1n) is 8.76. The summed E-state index contributed by atoms with van der Waals surface area (Å²) in [7, 11) is 1.77. The number of guanidine groups is 1. The van der Waals surface area contributed by atoms with Gasteiger partial charge in [-0.15, -0.1) is 0 Å². The van der Waals surface area contributed by atoms with Gasteiger partial charge in [-0.05, 0) is 37.3 Å². The van der Waals surface area contributed by atoms with E-state index in [2.05, 4.69) is 15.6 Å². The molecule has 0 aromatic heterocycles. The van der Waals surface area contributed by atoms with Crippen LogP contribution in [0.3, 0.4) is 0 Å². The second-order valence-corrected chi connectivity index (χ2v) is 6.25. The first kappa shape index (κ1) is 16.9. The van der Waals surface area contributed by atoms with Crippen LogP contribution in [0.25, 0.3) is 0 Å². The lowest BCUT2D eigenvalue weighted by Crippen LogP contribution is -2.45. The van der Waals surface area contributed by atoms with Crippen LogP contribution in [-0.2, 0) is 4.74 Å². The van der Waals surface area contributed by atoms with Gasteiger partial charge in [-0.1, -0.05) is 12.1 Å². The van der Waals surface area contributed by atoms with Crippen LogP contribution in [0.2, 0.25) is 0 Å². The van der Waals surface area contributed by atoms with Gasteiger partial charge in [0, 0.05) is 26.8 Å². The van der Waals surface area contributed by atoms with Crippen molar-refractivity contribution in [3.8, 4) is 11.5 Å². The standard InChI is InChI=1S/C18H27N3O3/c1-19-18(20-9-4-10-22-12-14-7-8-14)21-11-15-13-23-16-5-2-3-6-17(16)24-15/h2-3,5-6,14-15H,4,7-13H2,1H3,(H2,19,20,21). The molecule has 1 fully saturated rings. The Bertz CT molecular complexity index is 546. The summed E-state index contributed by atoms with van der Waals surface area (Å²) >= 11 is 0. The van der Waals surface area contributed by atoms with E-state index < -0.39 is 0 Å². The van der Waals surface area contributed by atoms with Crippen LogP contribution in [-0.4, -0.2) is 52.0 Å². The Balaban J connectivity index is 1.29. The summed E-state index contributed by atoms with van der Waals surface area (Å²) in [5.74, 6) is 3.21. The van der Waals surface area contributed by atoms with Crippen molar-refractivity contribution in [2.45, 2.75) is 25.4 Å². The zero-order valence-electron chi connectivity index (χ0n) is 14.3. The summed E-state index contributed by atoms with van der Waals surface area (Å²) in [5, 5.41) is 6.58. The summed E-state index contributed by atoms with van der Waals surface area (Å²) in [6.07, 6.45) is 3.63. The van der Waals surface area contributed by atoms with Crippen LogP contribution >= 0.6 is 0 Å². The molecular formula is C18H27N3O3. The van der Waals surface area contributed by atoms with Crippen molar-refractivity contribution in [1.82, 2.24) is 10.6 Å². The number of ether oxygens (including phenoxy) is 3. The number of rotatable bonds is 8. The molecule has 1 aliphatic carbocycles. The molecule has 0 amide bonds. The number of benzene rings is 1. The maximum atomic E-state index is 5.92. The number of hydrogen-bond donors (Lipinski definition) is 2. The summed E-state index contributed by atoms with van der Waals surface area (Å²) < 4.78 is 17.3. The number of nitrogens with zero attached hydrogens (tertiary/aromatic N) is 1. The minimum absolute atomic E-state index is 0.0275. The Labute approximate surface area is 143 Å². The minimum atomic E-state index is -0.0275. The Kier molecular flexibility index (Phi) is 6.18. The molecule has 1 saturated carbocycles. The molecule has 1 heterocycles. The van der Waals surface area contributed by atoms with Gasteiger partial charge in [0.15, 0.2) is 17.5 Å². The third-order valence-corrected chi connectivity index (χ3v) is 4.10. The Morgan fingerprint density at radius 2 is 2.08 bits per heavy atom. The lowest BCUT2D eigenvalue weighted by atomic mass is 10.2. The van der Waals surface area contributed by atoms with Gasteiger partial charge in [0.25, 0.3) is 0 Å². The molecule has 1 unspecified atom stereocenters. The third-order valence-electron chi connectivity index (χ3n) is 4.10. The highest BCUT2D eigenvalue weighted by atomic mass is 16.6. The summed E-state index contributed by atoms with van der Waals surface area (Å²) in [6.45, 7) is 3.75. The fourth-order valence-electron chi connectivity index (χ4n) is 2.51. The molecule has 2 aliphatic rings. The van der Waals surface area contributed by atoms with E-state index in [1.807, 2.05) is 24.3 Å². The number of aliphatic imine (C=N–C) groups is 1. The lowest BCUT2D eigenvalue weighted by Gasteiger charge is -2.27. The maximum absolute atomic E-state index is 5.92. The molecule has 0 saturated heterocycles. The molecule has 2 N–H and O–H groups in total. The Morgan fingerprint density at radius 3 is 2.88 bits per heavy atom. The molecule has 132 valence electrons. The number of nitrogens with one attached hydrogen (secondary N) is 2. The average Bonchev–Trinajstić information content (AvgIpc) is 3.44. The van der Waals surface area contributed by atoms with E-state index >= 15 is 0 Å². The zero-order chi connectivity index (χ0) is 16.6. The quantitative estimate of drug-likeness (QED) is 0.431. The SMILES string of the molecule is CN=C(NCCCOCC1CC1)NCC1COc2ccccc2O1. The largest absolute Gasteiger partial charge is 0.486 e. The summed E-state index contributed by atoms with van der Waals surface area (Å²) in [5.41, 5.74) is 0. The van der Waals surface area contributed by atoms with E-state index in [1.165, 1.54) is 12.8 Å². The van der Waals surface area contributed by atoms with Crippen molar-refractivity contribution < 1.29 is 14.2 Å². The van der Waals surface area contributed by atoms with Crippen molar-refractivity contribution in [3.63, 3.8) is 0 Å². The van der Waals surface area contributed by atoms with E-state index in [9.17, 15) is 0 Å². The highest BCUT2D eigenvalue weighted by molar-refractivity contribution is 5.79. The predicted molar refractivity (Wildman–Crippen MR) is 93.9 cm³/mol. The Morgan fingerprint density at radius 1 is 1.25 bits per heavy atom. The Hall–Kier alpha value is -1.95. The number of hydrogen-bond acceptors (Lipinski definition) is 4. The van der Waals surface area contributed by atoms with Crippen molar-refractivity contribution in [3.05, 3.63) is 24.3 Å². The molecule has 0 radical (unpaired) electrons. The molecule has 1 aromatic rings. The topological polar surface area (TPSA) is 64.1 Å². The summed E-state index contributed by atoms with van der Waals surface area (Å²) in [4.78, 5) is 4.23. The third kappa shape index (κ3) is 5.30. The van der Waals surface area contributed by atoms with Crippen LogP contribution in [0.1, 0.15) is 19.3 Å². The van der Waals surface area contributed by atoms with Gasteiger partial charge < -0.3 is 24.8 Å². The molecular weight excluding hydrogens is 306 g/mol. The van der Waals surface area contributed by atoms with Crippen LogP contribution in [0.5, 0.6) is 11.5 Å². The van der Waals surface area contributed by atoms with E-state index in [0.29, 0.717) is 13.2 Å². The van der Waals surface area contributed by atoms with Crippen molar-refractivity contribution in [1.29, 1.82) is 0 Å². The van der Waals surface area contributed by atoms with E-state index in [4.69, 9.17) is 14.2 Å². The fourth-order valence-corrected chi connectivity index (χ4v) is 2.51. The van der Waals surface area contributed by atoms with E-state index in [0.717, 1.165) is 49.6 Å². The molecule has 0 spiro atoms. The second kappa shape index (κ2) is 8.78. The van der Waals surface area contributed by atoms with Crippen LogP contribution in [0, 0.1) is 5.92 Å². The monoisotopic (exact) mass is 333 g/mol. The first-order chi connectivity index (χ1) is 11.8. The zero-order valence-corrected chi connectivity index (χ0v) is 14.3. The highest BCUT2D eigenvalue weighted by Gasteiger charge is 2.21. The molecule has 1 atom stereocenters. The van der Waals surface area contributed by atoms with Gasteiger partial charge in [-0.2, -0.15) is 0 Å². The van der Waals surface area contributed by atoms with Crippen molar-refractivity contribution in [2.24, 2.45) is 10.9 Å². The summed E-state index contributed by atoms with van der Waals surface area (Å²) in [6, 6.07) is 7.74. The molecule has 24 heavy (non-hydrogen) atoms. The normalized spacial score (nSPS) is 19.9. The molecule has 1 aromatic carbocycles. The van der Waals surface area contributed by atoms with Gasteiger partial charge in [-0.25, -0.2) is 0 Å². The van der Waals surface area contributed by atoms with Gasteiger partial charge >= 0.3 is 0 Å². The van der Waals surface area contributed by atoms with Crippen LogP contribution < -0.4 is 20.1 Å².